The topological polar surface area (TPSA) is 59.4 Å². The molecule has 0 saturated heterocycles. The van der Waals surface area contributed by atoms with Crippen LogP contribution in [0.4, 0.5) is 0 Å². The Morgan fingerprint density at radius 2 is 1.89 bits per heavy atom. The first-order valence-electron chi connectivity index (χ1n) is 9.18. The second-order valence-electron chi connectivity index (χ2n) is 7.92. The average Bonchev–Trinajstić information content (AvgIpc) is 2.64. The number of halogens is 1. The van der Waals surface area contributed by atoms with E-state index in [0.717, 1.165) is 33.2 Å². The van der Waals surface area contributed by atoms with E-state index in [2.05, 4.69) is 4.98 Å². The van der Waals surface area contributed by atoms with Crippen molar-refractivity contribution < 1.29 is 14.6 Å². The number of ether oxygens (including phenoxy) is 1. The molecule has 0 aliphatic heterocycles. The predicted molar refractivity (Wildman–Crippen MR) is 112 cm³/mol. The maximum Gasteiger partial charge on any atom is 0.311 e. The van der Waals surface area contributed by atoms with Gasteiger partial charge in [-0.2, -0.15) is 0 Å². The van der Waals surface area contributed by atoms with Crippen LogP contribution in [0.3, 0.4) is 0 Å². The predicted octanol–water partition coefficient (Wildman–Crippen LogP) is 5.49. The lowest BCUT2D eigenvalue weighted by Crippen LogP contribution is -2.25. The molecule has 0 bridgehead atoms. The Bertz CT molecular complexity index is 1010. The molecule has 0 amide bonds. The first kappa shape index (κ1) is 20.3. The molecule has 2 aromatic carbocycles. The Balaban J connectivity index is 2.10. The van der Waals surface area contributed by atoms with Crippen LogP contribution in [0, 0.1) is 12.3 Å². The van der Waals surface area contributed by atoms with Crippen molar-refractivity contribution in [2.24, 2.45) is 5.41 Å². The molecule has 1 heterocycles. The smallest absolute Gasteiger partial charge is 0.311 e. The van der Waals surface area contributed by atoms with Gasteiger partial charge in [0, 0.05) is 16.6 Å². The zero-order chi connectivity index (χ0) is 20.5. The number of aromatic nitrogens is 1. The van der Waals surface area contributed by atoms with Gasteiger partial charge in [0.15, 0.2) is 0 Å². The van der Waals surface area contributed by atoms with Crippen LogP contribution >= 0.6 is 11.6 Å². The maximum atomic E-state index is 12.1. The number of carbonyl (C=O) groups is 1. The summed E-state index contributed by atoms with van der Waals surface area (Å²) in [6, 6.07) is 13.3. The summed E-state index contributed by atoms with van der Waals surface area (Å²) in [5.41, 5.74) is 3.62. The van der Waals surface area contributed by atoms with Gasteiger partial charge in [-0.25, -0.2) is 0 Å². The molecule has 0 aliphatic rings. The number of aryl methyl sites for hydroxylation is 1. The summed E-state index contributed by atoms with van der Waals surface area (Å²) in [7, 11) is 0. The van der Waals surface area contributed by atoms with Gasteiger partial charge in [0.05, 0.1) is 10.9 Å². The van der Waals surface area contributed by atoms with Crippen molar-refractivity contribution in [2.45, 2.75) is 33.8 Å². The van der Waals surface area contributed by atoms with E-state index < -0.39 is 11.5 Å². The first-order valence-corrected chi connectivity index (χ1v) is 9.55. The fraction of sp³-hybridized carbons (Fsp3) is 0.304. The molecular formula is C23H24ClNO3. The second kappa shape index (κ2) is 7.90. The minimum absolute atomic E-state index is 0.108. The van der Waals surface area contributed by atoms with Crippen LogP contribution in [0.2, 0.25) is 5.02 Å². The van der Waals surface area contributed by atoms with Crippen molar-refractivity contribution in [1.29, 1.82) is 0 Å². The zero-order valence-corrected chi connectivity index (χ0v) is 17.2. The van der Waals surface area contributed by atoms with Crippen LogP contribution in [-0.2, 0) is 9.53 Å². The Morgan fingerprint density at radius 3 is 2.54 bits per heavy atom. The van der Waals surface area contributed by atoms with E-state index in [1.165, 1.54) is 0 Å². The van der Waals surface area contributed by atoms with E-state index in [1.54, 1.807) is 27.0 Å². The standard InChI is InChI=1S/C23H24ClNO3/c1-14-12-18-17(6-5-11-25-18)21(15-7-9-16(24)10-8-15)20(14)19(26)13-28-22(27)23(2,3)4/h5-12,19,26H,13H2,1-4H3/t19-/m0/s1. The highest BCUT2D eigenvalue weighted by molar-refractivity contribution is 6.30. The van der Waals surface area contributed by atoms with Gasteiger partial charge in [-0.15, -0.1) is 0 Å². The highest BCUT2D eigenvalue weighted by Crippen LogP contribution is 2.38. The molecule has 0 radical (unpaired) electrons. The fourth-order valence-electron chi connectivity index (χ4n) is 3.18. The molecule has 1 atom stereocenters. The summed E-state index contributed by atoms with van der Waals surface area (Å²) in [4.78, 5) is 16.6. The number of fused-ring (bicyclic) bond motifs is 1. The van der Waals surface area contributed by atoms with Crippen molar-refractivity contribution in [2.75, 3.05) is 6.61 Å². The highest BCUT2D eigenvalue weighted by atomic mass is 35.5. The van der Waals surface area contributed by atoms with Gasteiger partial charge in [-0.1, -0.05) is 29.8 Å². The molecule has 1 N–H and O–H groups in total. The SMILES string of the molecule is Cc1cc2ncccc2c(-c2ccc(Cl)cc2)c1[C@@H](O)COC(=O)C(C)(C)C. The first-order chi connectivity index (χ1) is 13.2. The van der Waals surface area contributed by atoms with E-state index in [-0.39, 0.29) is 12.6 Å². The molecule has 0 fully saturated rings. The molecule has 5 heteroatoms. The van der Waals surface area contributed by atoms with Crippen LogP contribution in [0.1, 0.15) is 38.0 Å². The molecule has 4 nitrogen and oxygen atoms in total. The molecule has 1 aromatic heterocycles. The van der Waals surface area contributed by atoms with Crippen LogP contribution < -0.4 is 0 Å². The summed E-state index contributed by atoms with van der Waals surface area (Å²) < 4.78 is 5.37. The van der Waals surface area contributed by atoms with Crippen molar-refractivity contribution in [1.82, 2.24) is 4.98 Å². The number of hydrogen-bond acceptors (Lipinski definition) is 4. The lowest BCUT2D eigenvalue weighted by Gasteiger charge is -2.22. The molecule has 3 rings (SSSR count). The quantitative estimate of drug-likeness (QED) is 0.591. The number of nitrogens with zero attached hydrogens (tertiary/aromatic N) is 1. The monoisotopic (exact) mass is 397 g/mol. The highest BCUT2D eigenvalue weighted by Gasteiger charge is 2.26. The summed E-state index contributed by atoms with van der Waals surface area (Å²) in [6.07, 6.45) is 0.788. The van der Waals surface area contributed by atoms with Crippen LogP contribution in [-0.4, -0.2) is 22.7 Å². The van der Waals surface area contributed by atoms with Gasteiger partial charge in [0.2, 0.25) is 0 Å². The van der Waals surface area contributed by atoms with Crippen molar-refractivity contribution in [3.63, 3.8) is 0 Å². The lowest BCUT2D eigenvalue weighted by atomic mass is 9.89. The minimum Gasteiger partial charge on any atom is -0.462 e. The molecule has 0 spiro atoms. The van der Waals surface area contributed by atoms with E-state index in [9.17, 15) is 9.90 Å². The number of aliphatic hydroxyl groups is 1. The van der Waals surface area contributed by atoms with Gasteiger partial charge >= 0.3 is 5.97 Å². The average molecular weight is 398 g/mol. The lowest BCUT2D eigenvalue weighted by molar-refractivity contribution is -0.156. The number of aliphatic hydroxyl groups excluding tert-OH is 1. The van der Waals surface area contributed by atoms with Crippen LogP contribution in [0.25, 0.3) is 22.0 Å². The third-order valence-corrected chi connectivity index (χ3v) is 4.86. The Kier molecular flexibility index (Phi) is 5.73. The van der Waals surface area contributed by atoms with Crippen molar-refractivity contribution in [3.05, 3.63) is 64.8 Å². The molecule has 146 valence electrons. The van der Waals surface area contributed by atoms with E-state index in [0.29, 0.717) is 5.02 Å². The van der Waals surface area contributed by atoms with E-state index >= 15 is 0 Å². The zero-order valence-electron chi connectivity index (χ0n) is 16.5. The molecule has 0 unspecified atom stereocenters. The summed E-state index contributed by atoms with van der Waals surface area (Å²) in [5.74, 6) is -0.347. The Labute approximate surface area is 170 Å². The van der Waals surface area contributed by atoms with Crippen molar-refractivity contribution >= 4 is 28.5 Å². The van der Waals surface area contributed by atoms with Crippen molar-refractivity contribution in [3.8, 4) is 11.1 Å². The minimum atomic E-state index is -0.957. The number of hydrogen-bond donors (Lipinski definition) is 1. The van der Waals surface area contributed by atoms with Gasteiger partial charge < -0.3 is 9.84 Å². The summed E-state index contributed by atoms with van der Waals surface area (Å²) >= 11 is 6.06. The van der Waals surface area contributed by atoms with Crippen LogP contribution in [0.15, 0.2) is 48.7 Å². The second-order valence-corrected chi connectivity index (χ2v) is 8.36. The van der Waals surface area contributed by atoms with Gasteiger partial charge in [0.1, 0.15) is 12.7 Å². The molecule has 28 heavy (non-hydrogen) atoms. The fourth-order valence-corrected chi connectivity index (χ4v) is 3.31. The van der Waals surface area contributed by atoms with Gasteiger partial charge in [-0.05, 0) is 74.2 Å². The molecule has 0 aliphatic carbocycles. The number of pyridine rings is 1. The third kappa shape index (κ3) is 4.18. The Morgan fingerprint density at radius 1 is 1.21 bits per heavy atom. The van der Waals surface area contributed by atoms with E-state index in [4.69, 9.17) is 16.3 Å². The van der Waals surface area contributed by atoms with Gasteiger partial charge in [-0.3, -0.25) is 9.78 Å². The summed E-state index contributed by atoms with van der Waals surface area (Å²) in [6.45, 7) is 7.18. The number of benzene rings is 2. The number of esters is 1. The van der Waals surface area contributed by atoms with Crippen LogP contribution in [0.5, 0.6) is 0 Å². The Hall–Kier alpha value is -2.43. The third-order valence-electron chi connectivity index (χ3n) is 4.61. The normalized spacial score (nSPS) is 12.8. The molecular weight excluding hydrogens is 374 g/mol. The van der Waals surface area contributed by atoms with Gasteiger partial charge in [0.25, 0.3) is 0 Å². The maximum absolute atomic E-state index is 12.1. The molecule has 3 aromatic rings. The number of carbonyl (C=O) groups excluding carboxylic acids is 1. The number of rotatable bonds is 4. The summed E-state index contributed by atoms with van der Waals surface area (Å²) in [5, 5.41) is 12.5. The largest absolute Gasteiger partial charge is 0.462 e. The molecule has 0 saturated carbocycles. The van der Waals surface area contributed by atoms with E-state index in [1.807, 2.05) is 49.4 Å².